The second kappa shape index (κ2) is 13.8. The summed E-state index contributed by atoms with van der Waals surface area (Å²) >= 11 is 4.39. The molecular weight excluding hydrogens is 356 g/mol. The maximum absolute atomic E-state index is 12.7. The minimum Gasteiger partial charge on any atom is -0.465 e. The monoisotopic (exact) mass is 392 g/mol. The first-order valence-corrected chi connectivity index (χ1v) is 11.0. The topological polar surface area (TPSA) is 43.4 Å². The van der Waals surface area contributed by atoms with E-state index in [0.717, 1.165) is 18.4 Å². The molecule has 0 saturated heterocycles. The van der Waals surface area contributed by atoms with Crippen molar-refractivity contribution in [3.63, 3.8) is 0 Å². The number of esters is 1. The van der Waals surface area contributed by atoms with Gasteiger partial charge in [0.1, 0.15) is 5.25 Å². The molecule has 1 aromatic rings. The lowest BCUT2D eigenvalue weighted by Crippen LogP contribution is -2.15. The molecule has 1 unspecified atom stereocenters. The van der Waals surface area contributed by atoms with Crippen molar-refractivity contribution >= 4 is 24.4 Å². The van der Waals surface area contributed by atoms with Gasteiger partial charge < -0.3 is 4.74 Å². The van der Waals surface area contributed by atoms with E-state index in [1.807, 2.05) is 25.1 Å². The van der Waals surface area contributed by atoms with Crippen LogP contribution in [0.3, 0.4) is 0 Å². The molecular formula is C23H36O3S. The van der Waals surface area contributed by atoms with E-state index in [4.69, 9.17) is 4.74 Å². The Morgan fingerprint density at radius 1 is 0.963 bits per heavy atom. The van der Waals surface area contributed by atoms with Crippen LogP contribution in [0.5, 0.6) is 0 Å². The van der Waals surface area contributed by atoms with Crippen LogP contribution in [0.15, 0.2) is 18.2 Å². The van der Waals surface area contributed by atoms with Gasteiger partial charge in [0.05, 0.1) is 6.61 Å². The normalized spacial score (nSPS) is 12.0. The highest BCUT2D eigenvalue weighted by atomic mass is 32.1. The van der Waals surface area contributed by atoms with Crippen LogP contribution in [0.1, 0.15) is 105 Å². The summed E-state index contributed by atoms with van der Waals surface area (Å²) in [5.74, 6) is -0.304. The fraction of sp³-hybridized carbons (Fsp3) is 0.652. The molecule has 152 valence electrons. The fourth-order valence-electron chi connectivity index (χ4n) is 3.23. The predicted octanol–water partition coefficient (Wildman–Crippen LogP) is 6.63. The van der Waals surface area contributed by atoms with E-state index in [1.54, 1.807) is 6.92 Å². The Morgan fingerprint density at radius 2 is 1.56 bits per heavy atom. The Labute approximate surface area is 170 Å². The van der Waals surface area contributed by atoms with E-state index in [1.165, 1.54) is 44.9 Å². The molecule has 0 aliphatic carbocycles. The molecule has 1 rings (SSSR count). The maximum atomic E-state index is 12.7. The molecule has 0 radical (unpaired) electrons. The number of hydrogen-bond donors (Lipinski definition) is 1. The number of aryl methyl sites for hydroxylation is 1. The van der Waals surface area contributed by atoms with E-state index in [9.17, 15) is 9.59 Å². The number of rotatable bonds is 14. The summed E-state index contributed by atoms with van der Waals surface area (Å²) in [6, 6.07) is 5.61. The van der Waals surface area contributed by atoms with Crippen molar-refractivity contribution < 1.29 is 14.3 Å². The molecule has 3 nitrogen and oxygen atoms in total. The Hall–Kier alpha value is -1.29. The Kier molecular flexibility index (Phi) is 12.2. The minimum absolute atomic E-state index is 0.0972. The largest absolute Gasteiger partial charge is 0.465 e. The van der Waals surface area contributed by atoms with Gasteiger partial charge in [-0.1, -0.05) is 76.0 Å². The molecule has 1 aromatic carbocycles. The average Bonchev–Trinajstić information content (AvgIpc) is 2.66. The lowest BCUT2D eigenvalue weighted by atomic mass is 9.95. The van der Waals surface area contributed by atoms with E-state index in [0.29, 0.717) is 24.2 Å². The van der Waals surface area contributed by atoms with Crippen LogP contribution in [0, 0.1) is 6.92 Å². The number of hydrogen-bond acceptors (Lipinski definition) is 4. The number of ether oxygens (including phenoxy) is 1. The predicted molar refractivity (Wildman–Crippen MR) is 116 cm³/mol. The summed E-state index contributed by atoms with van der Waals surface area (Å²) in [7, 11) is 0. The van der Waals surface area contributed by atoms with E-state index in [-0.39, 0.29) is 5.78 Å². The van der Waals surface area contributed by atoms with Crippen molar-refractivity contribution in [2.75, 3.05) is 6.61 Å². The maximum Gasteiger partial charge on any atom is 0.323 e. The quantitative estimate of drug-likeness (QED) is 0.167. The van der Waals surface area contributed by atoms with Crippen molar-refractivity contribution in [1.29, 1.82) is 0 Å². The van der Waals surface area contributed by atoms with Crippen LogP contribution in [0.25, 0.3) is 0 Å². The highest BCUT2D eigenvalue weighted by molar-refractivity contribution is 7.81. The molecule has 0 saturated carbocycles. The van der Waals surface area contributed by atoms with E-state index < -0.39 is 11.2 Å². The lowest BCUT2D eigenvalue weighted by molar-refractivity contribution is -0.142. The zero-order valence-corrected chi connectivity index (χ0v) is 18.2. The van der Waals surface area contributed by atoms with Crippen molar-refractivity contribution in [2.24, 2.45) is 0 Å². The number of Topliss-reactive ketones (excluding diaryl/α,β-unsaturated/α-hetero) is 1. The lowest BCUT2D eigenvalue weighted by Gasteiger charge is -2.15. The van der Waals surface area contributed by atoms with Crippen LogP contribution in [0.4, 0.5) is 0 Å². The second-order valence-electron chi connectivity index (χ2n) is 7.25. The molecule has 0 N–H and O–H groups in total. The summed E-state index contributed by atoms with van der Waals surface area (Å²) in [5, 5.41) is -0.715. The smallest absolute Gasteiger partial charge is 0.323 e. The van der Waals surface area contributed by atoms with Gasteiger partial charge in [-0.05, 0) is 31.9 Å². The molecule has 0 amide bonds. The van der Waals surface area contributed by atoms with Gasteiger partial charge in [0.25, 0.3) is 0 Å². The van der Waals surface area contributed by atoms with Gasteiger partial charge in [-0.3, -0.25) is 9.59 Å². The SMILES string of the molecule is CCCCCCCCCCCC(=O)c1cc(C)ccc1C(S)C(=O)OCC. The second-order valence-corrected chi connectivity index (χ2v) is 7.76. The van der Waals surface area contributed by atoms with Crippen LogP contribution >= 0.6 is 12.6 Å². The highest BCUT2D eigenvalue weighted by Crippen LogP contribution is 2.27. The van der Waals surface area contributed by atoms with E-state index in [2.05, 4.69) is 19.6 Å². The zero-order valence-electron chi connectivity index (χ0n) is 17.3. The highest BCUT2D eigenvalue weighted by Gasteiger charge is 2.23. The Balaban J connectivity index is 2.50. The van der Waals surface area contributed by atoms with Gasteiger partial charge in [0.15, 0.2) is 5.78 Å². The third-order valence-electron chi connectivity index (χ3n) is 4.82. The molecule has 0 spiro atoms. The number of benzene rings is 1. The molecule has 27 heavy (non-hydrogen) atoms. The summed E-state index contributed by atoms with van der Waals surface area (Å²) in [5.41, 5.74) is 2.28. The minimum atomic E-state index is -0.715. The molecule has 0 fully saturated rings. The van der Waals surface area contributed by atoms with Gasteiger partial charge in [-0.15, -0.1) is 0 Å². The average molecular weight is 393 g/mol. The first-order chi connectivity index (χ1) is 13.0. The summed E-state index contributed by atoms with van der Waals surface area (Å²) in [6.45, 7) is 6.27. The van der Waals surface area contributed by atoms with Gasteiger partial charge in [-0.25, -0.2) is 0 Å². The molecule has 0 aliphatic heterocycles. The summed E-state index contributed by atoms with van der Waals surface area (Å²) in [4.78, 5) is 24.7. The standard InChI is InChI=1S/C23H36O3S/c1-4-6-7-8-9-10-11-12-13-14-21(24)20-17-18(3)15-16-19(20)22(27)23(25)26-5-2/h15-17,22,27H,4-14H2,1-3H3. The summed E-state index contributed by atoms with van der Waals surface area (Å²) in [6.07, 6.45) is 11.6. The van der Waals surface area contributed by atoms with Crippen molar-refractivity contribution in [3.8, 4) is 0 Å². The third-order valence-corrected chi connectivity index (χ3v) is 5.31. The van der Waals surface area contributed by atoms with E-state index >= 15 is 0 Å². The molecule has 1 atom stereocenters. The summed E-state index contributed by atoms with van der Waals surface area (Å²) < 4.78 is 5.06. The Bertz CT molecular complexity index is 583. The molecule has 0 aliphatic rings. The number of unbranched alkanes of at least 4 members (excludes halogenated alkanes) is 8. The molecule has 0 bridgehead atoms. The van der Waals surface area contributed by atoms with Crippen LogP contribution in [0.2, 0.25) is 0 Å². The molecule has 4 heteroatoms. The molecule has 0 heterocycles. The molecule has 0 aromatic heterocycles. The van der Waals surface area contributed by atoms with Crippen molar-refractivity contribution in [3.05, 3.63) is 34.9 Å². The third kappa shape index (κ3) is 8.96. The number of thiol groups is 1. The van der Waals surface area contributed by atoms with Crippen LogP contribution in [-0.4, -0.2) is 18.4 Å². The van der Waals surface area contributed by atoms with Crippen molar-refractivity contribution in [2.45, 2.75) is 90.2 Å². The van der Waals surface area contributed by atoms with Gasteiger partial charge in [0.2, 0.25) is 0 Å². The first kappa shape index (κ1) is 23.7. The fourth-order valence-corrected chi connectivity index (χ4v) is 3.53. The van der Waals surface area contributed by atoms with Gasteiger partial charge in [0, 0.05) is 12.0 Å². The van der Waals surface area contributed by atoms with Crippen LogP contribution < -0.4 is 0 Å². The van der Waals surface area contributed by atoms with Gasteiger partial charge in [-0.2, -0.15) is 12.6 Å². The number of carbonyl (C=O) groups is 2. The number of ketones is 1. The first-order valence-electron chi connectivity index (χ1n) is 10.5. The Morgan fingerprint density at radius 3 is 2.15 bits per heavy atom. The van der Waals surface area contributed by atoms with Crippen LogP contribution in [-0.2, 0) is 9.53 Å². The van der Waals surface area contributed by atoms with Gasteiger partial charge >= 0.3 is 5.97 Å². The van der Waals surface area contributed by atoms with Crippen molar-refractivity contribution in [1.82, 2.24) is 0 Å². The number of carbonyl (C=O) groups excluding carboxylic acids is 2. The zero-order chi connectivity index (χ0) is 20.1.